The zero-order valence-electron chi connectivity index (χ0n) is 3.12. The molecular formula is H5KNaO4S+. The SMILES string of the molecule is O=S(=O)(O)O.[H+].[KH].[NaH]. The van der Waals surface area contributed by atoms with Gasteiger partial charge in [0.1, 0.15) is 0 Å². The van der Waals surface area contributed by atoms with Gasteiger partial charge in [0.15, 0.2) is 0 Å². The van der Waals surface area contributed by atoms with Gasteiger partial charge in [-0.25, -0.2) is 0 Å². The summed E-state index contributed by atoms with van der Waals surface area (Å²) in [7, 11) is -4.67. The molecule has 36 valence electrons. The Morgan fingerprint density at radius 1 is 1.29 bits per heavy atom. The molecule has 0 unspecified atom stereocenters. The van der Waals surface area contributed by atoms with E-state index in [9.17, 15) is 0 Å². The summed E-state index contributed by atoms with van der Waals surface area (Å²) in [4.78, 5) is 0. The van der Waals surface area contributed by atoms with Gasteiger partial charge in [-0.3, -0.25) is 9.11 Å². The maximum atomic E-state index is 8.74. The van der Waals surface area contributed by atoms with Gasteiger partial charge in [0.05, 0.1) is 0 Å². The van der Waals surface area contributed by atoms with Crippen molar-refractivity contribution in [2.75, 3.05) is 0 Å². The van der Waals surface area contributed by atoms with Crippen molar-refractivity contribution in [2.45, 2.75) is 0 Å². The van der Waals surface area contributed by atoms with Gasteiger partial charge in [-0.1, -0.05) is 0 Å². The van der Waals surface area contributed by atoms with Crippen LogP contribution in [0.2, 0.25) is 0 Å². The summed E-state index contributed by atoms with van der Waals surface area (Å²) in [5.41, 5.74) is 0. The summed E-state index contributed by atoms with van der Waals surface area (Å²) in [5.74, 6) is 0. The van der Waals surface area contributed by atoms with Crippen molar-refractivity contribution in [2.24, 2.45) is 0 Å². The molecule has 0 aliphatic rings. The first kappa shape index (κ1) is 16.2. The topological polar surface area (TPSA) is 74.6 Å². The van der Waals surface area contributed by atoms with Crippen LogP contribution in [0.3, 0.4) is 0 Å². The molecule has 0 spiro atoms. The van der Waals surface area contributed by atoms with Gasteiger partial charge >= 0.3 is 92.8 Å². The summed E-state index contributed by atoms with van der Waals surface area (Å²) in [6.45, 7) is 0. The first-order valence-corrected chi connectivity index (χ1v) is 2.10. The van der Waals surface area contributed by atoms with Crippen LogP contribution in [0.15, 0.2) is 0 Å². The van der Waals surface area contributed by atoms with Crippen LogP contribution in [0.5, 0.6) is 0 Å². The van der Waals surface area contributed by atoms with Gasteiger partial charge in [0.25, 0.3) is 0 Å². The number of hydrogen-bond donors (Lipinski definition) is 2. The van der Waals surface area contributed by atoms with Gasteiger partial charge in [-0.2, -0.15) is 8.42 Å². The van der Waals surface area contributed by atoms with E-state index in [1.165, 1.54) is 0 Å². The second-order valence-corrected chi connectivity index (χ2v) is 1.34. The molecule has 0 aliphatic carbocycles. The molecule has 7 heavy (non-hydrogen) atoms. The second-order valence-electron chi connectivity index (χ2n) is 0.448. The van der Waals surface area contributed by atoms with E-state index in [4.69, 9.17) is 17.5 Å². The first-order chi connectivity index (χ1) is 2.00. The van der Waals surface area contributed by atoms with Crippen LogP contribution < -0.4 is 0 Å². The fourth-order valence-corrected chi connectivity index (χ4v) is 0. The Bertz CT molecular complexity index is 99.2. The van der Waals surface area contributed by atoms with E-state index < -0.39 is 10.4 Å². The fourth-order valence-electron chi connectivity index (χ4n) is 0. The monoisotopic (exact) mass is 163 g/mol. The predicted molar refractivity (Wildman–Crippen MR) is 29.6 cm³/mol. The van der Waals surface area contributed by atoms with E-state index in [1.807, 2.05) is 0 Å². The van der Waals surface area contributed by atoms with Gasteiger partial charge in [-0.05, 0) is 0 Å². The molecular weight excluding hydrogens is 158 g/mol. The molecule has 0 aromatic carbocycles. The fraction of sp³-hybridized carbons (Fsp3) is 0. The molecule has 0 amide bonds. The van der Waals surface area contributed by atoms with Crippen molar-refractivity contribution in [1.29, 1.82) is 0 Å². The molecule has 0 saturated carbocycles. The average molecular weight is 163 g/mol. The van der Waals surface area contributed by atoms with Crippen LogP contribution in [0.25, 0.3) is 0 Å². The van der Waals surface area contributed by atoms with Crippen LogP contribution in [0.1, 0.15) is 1.43 Å². The van der Waals surface area contributed by atoms with Crippen molar-refractivity contribution in [3.8, 4) is 0 Å². The molecule has 0 aromatic rings. The summed E-state index contributed by atoms with van der Waals surface area (Å²) in [5, 5.41) is 0. The third-order valence-corrected chi connectivity index (χ3v) is 0. The van der Waals surface area contributed by atoms with Crippen molar-refractivity contribution in [3.63, 3.8) is 0 Å². The Labute approximate surface area is 108 Å². The Hall–Kier alpha value is 2.51. The maximum absolute atomic E-state index is 8.74. The van der Waals surface area contributed by atoms with Crippen molar-refractivity contribution in [3.05, 3.63) is 0 Å². The van der Waals surface area contributed by atoms with Crippen molar-refractivity contribution in [1.82, 2.24) is 0 Å². The average Bonchev–Trinajstić information content (AvgIpc) is 0.722. The molecule has 7 heteroatoms. The summed E-state index contributed by atoms with van der Waals surface area (Å²) in [6, 6.07) is 0. The molecule has 0 rings (SSSR count). The Balaban J connectivity index is -0.0000000267. The quantitative estimate of drug-likeness (QED) is 0.325. The zero-order chi connectivity index (χ0) is 4.50. The molecule has 0 heterocycles. The van der Waals surface area contributed by atoms with Crippen LogP contribution in [0, 0.1) is 0 Å². The van der Waals surface area contributed by atoms with E-state index in [1.54, 1.807) is 0 Å². The molecule has 2 N–H and O–H groups in total. The van der Waals surface area contributed by atoms with E-state index in [2.05, 4.69) is 0 Å². The molecule has 0 atom stereocenters. The molecule has 0 saturated heterocycles. The van der Waals surface area contributed by atoms with Gasteiger partial charge in [0, 0.05) is 0 Å². The standard InChI is InChI=1S/K.Na.H2O4S.2H/c;;1-5(2,3)4;;/h;;(H2,1,2,3,4);;/p+1. The number of rotatable bonds is 0. The minimum absolute atomic E-state index is 0. The zero-order valence-corrected chi connectivity index (χ0v) is 2.94. The number of hydrogen-bond acceptors (Lipinski definition) is 2. The molecule has 0 fully saturated rings. The van der Waals surface area contributed by atoms with Crippen molar-refractivity contribution >= 4 is 91.3 Å². The third kappa shape index (κ3) is 57.3. The predicted octanol–water partition coefficient (Wildman–Crippen LogP) is -1.84. The molecule has 0 aromatic heterocycles. The van der Waals surface area contributed by atoms with Crippen molar-refractivity contribution < 1.29 is 18.9 Å². The normalized spacial score (nSPS) is 8.29. The summed E-state index contributed by atoms with van der Waals surface area (Å²) >= 11 is 0. The van der Waals surface area contributed by atoms with Gasteiger partial charge < -0.3 is 0 Å². The Kier molecular flexibility index (Phi) is 15.4. The van der Waals surface area contributed by atoms with Gasteiger partial charge in [-0.15, -0.1) is 0 Å². The van der Waals surface area contributed by atoms with E-state index >= 15 is 0 Å². The van der Waals surface area contributed by atoms with Crippen LogP contribution in [-0.2, 0) is 10.4 Å². The third-order valence-electron chi connectivity index (χ3n) is 0. The van der Waals surface area contributed by atoms with Crippen LogP contribution >= 0.6 is 0 Å². The molecule has 4 nitrogen and oxygen atoms in total. The van der Waals surface area contributed by atoms with E-state index in [0.29, 0.717) is 0 Å². The van der Waals surface area contributed by atoms with Crippen LogP contribution in [-0.4, -0.2) is 98.5 Å². The first-order valence-electron chi connectivity index (χ1n) is 0.698. The molecule has 0 radical (unpaired) electrons. The molecule has 0 aliphatic heterocycles. The Morgan fingerprint density at radius 2 is 1.29 bits per heavy atom. The summed E-state index contributed by atoms with van der Waals surface area (Å²) < 4.78 is 31.6. The molecule has 0 bridgehead atoms. The van der Waals surface area contributed by atoms with Crippen LogP contribution in [0.4, 0.5) is 0 Å². The van der Waals surface area contributed by atoms with Gasteiger partial charge in [0.2, 0.25) is 0 Å². The second kappa shape index (κ2) is 6.62. The minimum atomic E-state index is -4.67. The van der Waals surface area contributed by atoms with E-state index in [0.717, 1.165) is 0 Å². The van der Waals surface area contributed by atoms with E-state index in [-0.39, 0.29) is 82.4 Å². The Morgan fingerprint density at radius 3 is 1.29 bits per heavy atom. The summed E-state index contributed by atoms with van der Waals surface area (Å²) in [6.07, 6.45) is 0.